The van der Waals surface area contributed by atoms with Crippen molar-refractivity contribution in [1.82, 2.24) is 4.98 Å². The number of benzene rings is 1. The lowest BCUT2D eigenvalue weighted by Crippen LogP contribution is -2.16. The Kier molecular flexibility index (Phi) is 4.40. The second-order valence-electron chi connectivity index (χ2n) is 4.60. The van der Waals surface area contributed by atoms with Crippen LogP contribution >= 0.6 is 11.6 Å². The number of aliphatic hydroxyl groups is 1. The number of nitrogens with zero attached hydrogens (tertiary/aromatic N) is 2. The zero-order valence-corrected chi connectivity index (χ0v) is 11.8. The van der Waals surface area contributed by atoms with Crippen molar-refractivity contribution in [3.8, 4) is 0 Å². The van der Waals surface area contributed by atoms with Gasteiger partial charge in [-0.05, 0) is 36.8 Å². The van der Waals surface area contributed by atoms with Crippen LogP contribution < -0.4 is 4.90 Å². The molecule has 2 rings (SSSR count). The second kappa shape index (κ2) is 6.04. The van der Waals surface area contributed by atoms with Crippen molar-refractivity contribution < 1.29 is 5.11 Å². The van der Waals surface area contributed by atoms with E-state index in [1.165, 1.54) is 0 Å². The molecular weight excluding hydrogens is 260 g/mol. The minimum atomic E-state index is -0.535. The number of hydrogen-bond acceptors (Lipinski definition) is 3. The molecule has 19 heavy (non-hydrogen) atoms. The molecule has 1 atom stereocenters. The third-order valence-corrected chi connectivity index (χ3v) is 3.18. The largest absolute Gasteiger partial charge is 0.387 e. The fourth-order valence-corrected chi connectivity index (χ4v) is 2.08. The summed E-state index contributed by atoms with van der Waals surface area (Å²) in [6, 6.07) is 11.6. The van der Waals surface area contributed by atoms with Crippen LogP contribution in [-0.4, -0.2) is 17.1 Å². The molecule has 4 heteroatoms. The van der Waals surface area contributed by atoms with Gasteiger partial charge < -0.3 is 10.0 Å². The van der Waals surface area contributed by atoms with Crippen LogP contribution in [0.15, 0.2) is 42.6 Å². The number of hydrogen-bond donors (Lipinski definition) is 1. The van der Waals surface area contributed by atoms with E-state index in [4.69, 9.17) is 11.6 Å². The molecule has 1 heterocycles. The molecule has 3 nitrogen and oxygen atoms in total. The van der Waals surface area contributed by atoms with Crippen molar-refractivity contribution in [3.63, 3.8) is 0 Å². The molecule has 0 saturated heterocycles. The van der Waals surface area contributed by atoms with Crippen LogP contribution in [0.2, 0.25) is 5.02 Å². The minimum absolute atomic E-state index is 0.535. The van der Waals surface area contributed by atoms with Gasteiger partial charge in [0.05, 0.1) is 23.7 Å². The van der Waals surface area contributed by atoms with Crippen molar-refractivity contribution >= 4 is 17.3 Å². The van der Waals surface area contributed by atoms with Gasteiger partial charge in [-0.15, -0.1) is 0 Å². The summed E-state index contributed by atoms with van der Waals surface area (Å²) < 4.78 is 0. The van der Waals surface area contributed by atoms with E-state index in [-0.39, 0.29) is 0 Å². The lowest BCUT2D eigenvalue weighted by atomic mass is 10.2. The van der Waals surface area contributed by atoms with Crippen LogP contribution in [0.1, 0.15) is 24.3 Å². The molecule has 0 aliphatic carbocycles. The van der Waals surface area contributed by atoms with Gasteiger partial charge in [0, 0.05) is 18.6 Å². The highest BCUT2D eigenvalue weighted by molar-refractivity contribution is 6.30. The summed E-state index contributed by atoms with van der Waals surface area (Å²) in [5, 5.41) is 10.2. The van der Waals surface area contributed by atoms with E-state index >= 15 is 0 Å². The van der Waals surface area contributed by atoms with E-state index in [2.05, 4.69) is 9.88 Å². The summed E-state index contributed by atoms with van der Waals surface area (Å²) >= 11 is 5.97. The molecule has 100 valence electrons. The highest BCUT2D eigenvalue weighted by Crippen LogP contribution is 2.18. The summed E-state index contributed by atoms with van der Waals surface area (Å²) in [5.41, 5.74) is 2.83. The Morgan fingerprint density at radius 2 is 2.11 bits per heavy atom. The third kappa shape index (κ3) is 3.69. The molecule has 1 aromatic carbocycles. The zero-order chi connectivity index (χ0) is 13.8. The van der Waals surface area contributed by atoms with Gasteiger partial charge in [-0.25, -0.2) is 0 Å². The van der Waals surface area contributed by atoms with Crippen LogP contribution in [0, 0.1) is 0 Å². The van der Waals surface area contributed by atoms with E-state index in [0.717, 1.165) is 22.8 Å². The van der Waals surface area contributed by atoms with E-state index in [9.17, 15) is 5.11 Å². The van der Waals surface area contributed by atoms with Crippen molar-refractivity contribution in [3.05, 3.63) is 58.9 Å². The highest BCUT2D eigenvalue weighted by atomic mass is 35.5. The molecule has 0 aliphatic rings. The Balaban J connectivity index is 2.09. The van der Waals surface area contributed by atoms with Crippen molar-refractivity contribution in [1.29, 1.82) is 0 Å². The van der Waals surface area contributed by atoms with Gasteiger partial charge in [0.2, 0.25) is 0 Å². The van der Waals surface area contributed by atoms with Gasteiger partial charge in [-0.2, -0.15) is 0 Å². The normalized spacial score (nSPS) is 12.2. The Labute approximate surface area is 118 Å². The average Bonchev–Trinajstić information content (AvgIpc) is 2.39. The number of anilines is 1. The number of aromatic nitrogens is 1. The summed E-state index contributed by atoms with van der Waals surface area (Å²) in [4.78, 5) is 6.33. The Morgan fingerprint density at radius 3 is 2.68 bits per heavy atom. The van der Waals surface area contributed by atoms with E-state index in [1.807, 2.05) is 43.4 Å². The molecule has 0 bridgehead atoms. The first-order valence-corrected chi connectivity index (χ1v) is 6.53. The molecule has 1 N–H and O–H groups in total. The van der Waals surface area contributed by atoms with E-state index in [1.54, 1.807) is 13.1 Å². The van der Waals surface area contributed by atoms with Gasteiger partial charge in [-0.3, -0.25) is 4.98 Å². The van der Waals surface area contributed by atoms with Crippen molar-refractivity contribution in [2.75, 3.05) is 11.9 Å². The second-order valence-corrected chi connectivity index (χ2v) is 5.04. The summed E-state index contributed by atoms with van der Waals surface area (Å²) in [6.07, 6.45) is 1.24. The molecule has 0 aliphatic heterocycles. The zero-order valence-electron chi connectivity index (χ0n) is 11.0. The van der Waals surface area contributed by atoms with E-state index < -0.39 is 6.10 Å². The molecule has 0 spiro atoms. The first-order valence-electron chi connectivity index (χ1n) is 6.16. The molecule has 0 radical (unpaired) electrons. The van der Waals surface area contributed by atoms with Gasteiger partial charge in [0.15, 0.2) is 0 Å². The predicted octanol–water partition coefficient (Wildman–Crippen LogP) is 3.42. The van der Waals surface area contributed by atoms with Gasteiger partial charge in [-0.1, -0.05) is 23.7 Å². The average molecular weight is 277 g/mol. The summed E-state index contributed by atoms with van der Waals surface area (Å²) in [7, 11) is 2.00. The van der Waals surface area contributed by atoms with Crippen molar-refractivity contribution in [2.45, 2.75) is 19.6 Å². The summed E-state index contributed by atoms with van der Waals surface area (Å²) in [6.45, 7) is 2.47. The molecule has 2 aromatic rings. The lowest BCUT2D eigenvalue weighted by Gasteiger charge is -2.19. The standard InChI is InChI=1S/C15H17ClN2O/c1-11(19)15-7-6-14(9-17-15)18(2)10-12-4-3-5-13(16)8-12/h3-9,11,19H,10H2,1-2H3/t11-/m0/s1. The van der Waals surface area contributed by atoms with Crippen LogP contribution in [0.3, 0.4) is 0 Å². The third-order valence-electron chi connectivity index (χ3n) is 2.95. The number of pyridine rings is 1. The van der Waals surface area contributed by atoms with Gasteiger partial charge in [0.1, 0.15) is 0 Å². The highest BCUT2D eigenvalue weighted by Gasteiger charge is 2.06. The molecular formula is C15H17ClN2O. The predicted molar refractivity (Wildman–Crippen MR) is 78.4 cm³/mol. The quantitative estimate of drug-likeness (QED) is 0.929. The number of rotatable bonds is 4. The van der Waals surface area contributed by atoms with Crippen LogP contribution in [0.5, 0.6) is 0 Å². The minimum Gasteiger partial charge on any atom is -0.387 e. The maximum absolute atomic E-state index is 9.43. The monoisotopic (exact) mass is 276 g/mol. The Morgan fingerprint density at radius 1 is 1.32 bits per heavy atom. The van der Waals surface area contributed by atoms with Crippen LogP contribution in [-0.2, 0) is 6.54 Å². The molecule has 1 aromatic heterocycles. The Bertz CT molecular complexity index is 540. The fourth-order valence-electron chi connectivity index (χ4n) is 1.87. The SMILES string of the molecule is C[C@H](O)c1ccc(N(C)Cc2cccc(Cl)c2)cn1. The molecule has 0 fully saturated rings. The first kappa shape index (κ1) is 13.8. The smallest absolute Gasteiger partial charge is 0.0931 e. The first-order chi connectivity index (χ1) is 9.06. The van der Waals surface area contributed by atoms with Crippen LogP contribution in [0.4, 0.5) is 5.69 Å². The number of halogens is 1. The van der Waals surface area contributed by atoms with Crippen molar-refractivity contribution in [2.24, 2.45) is 0 Å². The van der Waals surface area contributed by atoms with Gasteiger partial charge >= 0.3 is 0 Å². The molecule has 0 amide bonds. The van der Waals surface area contributed by atoms with E-state index in [0.29, 0.717) is 5.69 Å². The fraction of sp³-hybridized carbons (Fsp3) is 0.267. The molecule has 0 saturated carbocycles. The maximum atomic E-state index is 9.43. The maximum Gasteiger partial charge on any atom is 0.0931 e. The molecule has 0 unspecified atom stereocenters. The van der Waals surface area contributed by atoms with Gasteiger partial charge in [0.25, 0.3) is 0 Å². The number of aliphatic hydroxyl groups excluding tert-OH is 1. The lowest BCUT2D eigenvalue weighted by molar-refractivity contribution is 0.194. The Hall–Kier alpha value is -1.58. The summed E-state index contributed by atoms with van der Waals surface area (Å²) in [5.74, 6) is 0. The topological polar surface area (TPSA) is 36.4 Å². The van der Waals surface area contributed by atoms with Crippen LogP contribution in [0.25, 0.3) is 0 Å².